The summed E-state index contributed by atoms with van der Waals surface area (Å²) in [7, 11) is 4.26. The number of hydrogen-bond acceptors (Lipinski definition) is 5. The van der Waals surface area contributed by atoms with Gasteiger partial charge in [0.15, 0.2) is 0 Å². The van der Waals surface area contributed by atoms with Crippen molar-refractivity contribution in [3.05, 3.63) is 78.1 Å². The van der Waals surface area contributed by atoms with Crippen LogP contribution in [0.5, 0.6) is 0 Å². The molecule has 1 aliphatic rings. The van der Waals surface area contributed by atoms with E-state index in [0.29, 0.717) is 0 Å². The Balaban J connectivity index is 1.71. The van der Waals surface area contributed by atoms with Crippen molar-refractivity contribution in [2.45, 2.75) is 22.6 Å². The number of aromatic nitrogens is 2. The molecule has 0 amide bonds. The fourth-order valence-corrected chi connectivity index (χ4v) is 4.26. The van der Waals surface area contributed by atoms with Crippen molar-refractivity contribution in [3.63, 3.8) is 0 Å². The third-order valence-corrected chi connectivity index (χ3v) is 5.52. The summed E-state index contributed by atoms with van der Waals surface area (Å²) in [4.78, 5) is 14.9. The van der Waals surface area contributed by atoms with Gasteiger partial charge in [0.05, 0.1) is 0 Å². The van der Waals surface area contributed by atoms with Crippen LogP contribution in [0, 0.1) is 0 Å². The molecule has 1 aliphatic heterocycles. The van der Waals surface area contributed by atoms with E-state index in [1.807, 2.05) is 6.07 Å². The highest BCUT2D eigenvalue weighted by molar-refractivity contribution is 7.99. The third-order valence-electron chi connectivity index (χ3n) is 4.46. The van der Waals surface area contributed by atoms with Gasteiger partial charge in [0.25, 0.3) is 0 Å². The molecule has 1 unspecified atom stereocenters. The molecule has 4 rings (SSSR count). The SMILES string of the molecule is CN1Cc2c(Sc3ccccc3)ncnc2N(C)C1c1ccccc1. The maximum Gasteiger partial charge on any atom is 0.138 e. The first-order valence-corrected chi connectivity index (χ1v) is 9.10. The lowest BCUT2D eigenvalue weighted by Gasteiger charge is -2.42. The first-order chi connectivity index (χ1) is 12.2. The van der Waals surface area contributed by atoms with Gasteiger partial charge in [-0.3, -0.25) is 4.90 Å². The summed E-state index contributed by atoms with van der Waals surface area (Å²) in [5.41, 5.74) is 2.46. The van der Waals surface area contributed by atoms with Crippen LogP contribution < -0.4 is 4.90 Å². The average molecular weight is 348 g/mol. The minimum absolute atomic E-state index is 0.179. The van der Waals surface area contributed by atoms with Crippen molar-refractivity contribution in [2.75, 3.05) is 19.0 Å². The quantitative estimate of drug-likeness (QED) is 0.662. The van der Waals surface area contributed by atoms with Crippen molar-refractivity contribution in [2.24, 2.45) is 0 Å². The lowest BCUT2D eigenvalue weighted by Crippen LogP contribution is -2.42. The molecular weight excluding hydrogens is 328 g/mol. The van der Waals surface area contributed by atoms with E-state index in [1.165, 1.54) is 16.0 Å². The molecule has 1 aromatic heterocycles. The number of anilines is 1. The van der Waals surface area contributed by atoms with Crippen molar-refractivity contribution >= 4 is 17.6 Å². The molecule has 25 heavy (non-hydrogen) atoms. The van der Waals surface area contributed by atoms with E-state index < -0.39 is 0 Å². The molecule has 0 spiro atoms. The average Bonchev–Trinajstić information content (AvgIpc) is 2.64. The summed E-state index contributed by atoms with van der Waals surface area (Å²) in [5.74, 6) is 1.01. The Bertz CT molecular complexity index is 854. The van der Waals surface area contributed by atoms with Gasteiger partial charge in [0, 0.05) is 24.1 Å². The predicted molar refractivity (Wildman–Crippen MR) is 102 cm³/mol. The largest absolute Gasteiger partial charge is 0.339 e. The van der Waals surface area contributed by atoms with Crippen LogP contribution in [0.3, 0.4) is 0 Å². The van der Waals surface area contributed by atoms with E-state index in [-0.39, 0.29) is 6.17 Å². The molecule has 0 radical (unpaired) electrons. The van der Waals surface area contributed by atoms with Crippen LogP contribution in [0.15, 0.2) is 76.9 Å². The fraction of sp³-hybridized carbons (Fsp3) is 0.200. The zero-order valence-corrected chi connectivity index (χ0v) is 15.1. The number of fused-ring (bicyclic) bond motifs is 1. The molecule has 2 aromatic carbocycles. The molecule has 1 atom stereocenters. The second kappa shape index (κ2) is 6.86. The maximum absolute atomic E-state index is 4.59. The monoisotopic (exact) mass is 348 g/mol. The Labute approximate surface area is 152 Å². The molecule has 5 heteroatoms. The number of rotatable bonds is 3. The lowest BCUT2D eigenvalue weighted by atomic mass is 10.1. The van der Waals surface area contributed by atoms with Crippen LogP contribution in [0.25, 0.3) is 0 Å². The van der Waals surface area contributed by atoms with Crippen molar-refractivity contribution in [1.82, 2.24) is 14.9 Å². The van der Waals surface area contributed by atoms with Gasteiger partial charge in [0.1, 0.15) is 23.3 Å². The molecule has 126 valence electrons. The van der Waals surface area contributed by atoms with Crippen LogP contribution in [0.1, 0.15) is 17.3 Å². The maximum atomic E-state index is 4.59. The summed E-state index contributed by atoms with van der Waals surface area (Å²) in [6.07, 6.45) is 1.85. The van der Waals surface area contributed by atoms with Gasteiger partial charge in [-0.2, -0.15) is 0 Å². The molecule has 4 nitrogen and oxygen atoms in total. The Kier molecular flexibility index (Phi) is 4.42. The van der Waals surface area contributed by atoms with Crippen LogP contribution in [-0.4, -0.2) is 29.0 Å². The zero-order chi connectivity index (χ0) is 17.2. The Hall–Kier alpha value is -2.37. The highest BCUT2D eigenvalue weighted by Gasteiger charge is 2.32. The summed E-state index contributed by atoms with van der Waals surface area (Å²) in [6, 6.07) is 20.9. The van der Waals surface area contributed by atoms with E-state index in [4.69, 9.17) is 0 Å². The van der Waals surface area contributed by atoms with Crippen LogP contribution in [0.4, 0.5) is 5.82 Å². The minimum Gasteiger partial charge on any atom is -0.339 e. The van der Waals surface area contributed by atoms with Gasteiger partial charge >= 0.3 is 0 Å². The van der Waals surface area contributed by atoms with Gasteiger partial charge in [-0.15, -0.1) is 0 Å². The topological polar surface area (TPSA) is 32.3 Å². The molecular formula is C20H20N4S. The summed E-state index contributed by atoms with van der Waals surface area (Å²) < 4.78 is 0. The Morgan fingerprint density at radius 1 is 0.920 bits per heavy atom. The van der Waals surface area contributed by atoms with Crippen molar-refractivity contribution in [3.8, 4) is 0 Å². The number of hydrogen-bond donors (Lipinski definition) is 0. The van der Waals surface area contributed by atoms with Gasteiger partial charge in [-0.05, 0) is 24.7 Å². The molecule has 0 aliphatic carbocycles. The van der Waals surface area contributed by atoms with Gasteiger partial charge < -0.3 is 4.90 Å². The van der Waals surface area contributed by atoms with E-state index in [9.17, 15) is 0 Å². The van der Waals surface area contributed by atoms with E-state index >= 15 is 0 Å². The highest BCUT2D eigenvalue weighted by Crippen LogP contribution is 2.40. The predicted octanol–water partition coefficient (Wildman–Crippen LogP) is 4.21. The van der Waals surface area contributed by atoms with Crippen LogP contribution in [0.2, 0.25) is 0 Å². The Morgan fingerprint density at radius 3 is 2.32 bits per heavy atom. The van der Waals surface area contributed by atoms with E-state index in [0.717, 1.165) is 17.4 Å². The first-order valence-electron chi connectivity index (χ1n) is 8.29. The van der Waals surface area contributed by atoms with Gasteiger partial charge in [-0.25, -0.2) is 9.97 Å². The van der Waals surface area contributed by atoms with Gasteiger partial charge in [-0.1, -0.05) is 60.3 Å². The smallest absolute Gasteiger partial charge is 0.138 e. The molecule has 2 heterocycles. The summed E-state index contributed by atoms with van der Waals surface area (Å²) in [6.45, 7) is 0.829. The number of nitrogens with zero attached hydrogens (tertiary/aromatic N) is 4. The third kappa shape index (κ3) is 3.13. The highest BCUT2D eigenvalue weighted by atomic mass is 32.2. The molecule has 0 bridgehead atoms. The normalized spacial score (nSPS) is 17.4. The van der Waals surface area contributed by atoms with E-state index in [1.54, 1.807) is 18.1 Å². The molecule has 0 N–H and O–H groups in total. The van der Waals surface area contributed by atoms with E-state index in [2.05, 4.69) is 88.5 Å². The Morgan fingerprint density at radius 2 is 1.60 bits per heavy atom. The molecule has 3 aromatic rings. The van der Waals surface area contributed by atoms with Crippen LogP contribution >= 0.6 is 11.8 Å². The molecule has 0 fully saturated rings. The first kappa shape index (κ1) is 16.1. The van der Waals surface area contributed by atoms with Crippen LogP contribution in [-0.2, 0) is 6.54 Å². The van der Waals surface area contributed by atoms with Crippen molar-refractivity contribution < 1.29 is 0 Å². The second-order valence-corrected chi connectivity index (χ2v) is 7.27. The summed E-state index contributed by atoms with van der Waals surface area (Å²) >= 11 is 1.70. The lowest BCUT2D eigenvalue weighted by molar-refractivity contribution is 0.216. The fourth-order valence-electron chi connectivity index (χ4n) is 3.37. The minimum atomic E-state index is 0.179. The standard InChI is InChI=1S/C20H20N4S/c1-23-13-17-18(24(2)20(23)15-9-5-3-6-10-15)21-14-22-19(17)25-16-11-7-4-8-12-16/h3-12,14,20H,13H2,1-2H3. The van der Waals surface area contributed by atoms with Crippen molar-refractivity contribution in [1.29, 1.82) is 0 Å². The second-order valence-electron chi connectivity index (χ2n) is 6.21. The molecule has 0 saturated heterocycles. The number of benzene rings is 2. The molecule has 0 saturated carbocycles. The van der Waals surface area contributed by atoms with Gasteiger partial charge in [0.2, 0.25) is 0 Å². The summed E-state index contributed by atoms with van der Waals surface area (Å²) in [5, 5.41) is 1.03. The zero-order valence-electron chi connectivity index (χ0n) is 14.3.